The van der Waals surface area contributed by atoms with Gasteiger partial charge in [-0.1, -0.05) is 0 Å². The van der Waals surface area contributed by atoms with Crippen LogP contribution < -0.4 is 21.3 Å². The second-order valence-corrected chi connectivity index (χ2v) is 2.84. The van der Waals surface area contributed by atoms with Crippen molar-refractivity contribution >= 4 is 0 Å². The lowest BCUT2D eigenvalue weighted by molar-refractivity contribution is 0.526. The molecule has 1 aliphatic rings. The maximum absolute atomic E-state index is 4.33. The van der Waals surface area contributed by atoms with Gasteiger partial charge in [-0.3, -0.25) is 0 Å². The molecule has 0 bridgehead atoms. The first-order valence-corrected chi connectivity index (χ1v) is 4.68. The van der Waals surface area contributed by atoms with E-state index in [2.05, 4.69) is 21.3 Å². The second-order valence-electron chi connectivity index (χ2n) is 2.84. The van der Waals surface area contributed by atoms with Gasteiger partial charge in [-0.25, -0.2) is 10.6 Å². The molecule has 70 valence electrons. The SMILES string of the molecule is C1C[N]CCNCCNCC[N]1. The van der Waals surface area contributed by atoms with Gasteiger partial charge in [0.1, 0.15) is 0 Å². The second kappa shape index (κ2) is 7.49. The Kier molecular flexibility index (Phi) is 6.19. The van der Waals surface area contributed by atoms with Gasteiger partial charge in [-0.2, -0.15) is 0 Å². The zero-order valence-corrected chi connectivity index (χ0v) is 7.55. The van der Waals surface area contributed by atoms with Crippen molar-refractivity contribution in [2.75, 3.05) is 52.4 Å². The molecule has 0 aromatic rings. The first-order chi connectivity index (χ1) is 6.00. The maximum Gasteiger partial charge on any atom is 0.0275 e. The standard InChI is InChI=1S/C8H18N4/c1-2-10-5-6-12-8-7-11-4-3-9-1/h9-10H,1-8H2. The van der Waals surface area contributed by atoms with Crippen molar-refractivity contribution in [1.82, 2.24) is 21.3 Å². The Morgan fingerprint density at radius 1 is 0.583 bits per heavy atom. The highest BCUT2D eigenvalue weighted by Crippen LogP contribution is 1.69. The summed E-state index contributed by atoms with van der Waals surface area (Å²) in [7, 11) is 0. The fourth-order valence-corrected chi connectivity index (χ4v) is 1.11. The number of nitrogens with one attached hydrogen (secondary N) is 2. The molecule has 1 heterocycles. The summed E-state index contributed by atoms with van der Waals surface area (Å²) in [5.74, 6) is 0. The van der Waals surface area contributed by atoms with E-state index in [-0.39, 0.29) is 0 Å². The average molecular weight is 170 g/mol. The highest BCUT2D eigenvalue weighted by Gasteiger charge is 1.94. The first kappa shape index (κ1) is 9.92. The summed E-state index contributed by atoms with van der Waals surface area (Å²) in [5, 5.41) is 15.3. The van der Waals surface area contributed by atoms with E-state index in [0.717, 1.165) is 52.4 Å². The predicted octanol–water partition coefficient (Wildman–Crippen LogP) is -1.61. The Hall–Kier alpha value is -0.160. The summed E-state index contributed by atoms with van der Waals surface area (Å²) in [6, 6.07) is 0. The molecule has 0 amide bonds. The Morgan fingerprint density at radius 2 is 1.08 bits per heavy atom. The molecule has 2 radical (unpaired) electrons. The molecule has 0 unspecified atom stereocenters. The van der Waals surface area contributed by atoms with Crippen molar-refractivity contribution in [1.29, 1.82) is 0 Å². The van der Waals surface area contributed by atoms with Crippen LogP contribution >= 0.6 is 0 Å². The summed E-state index contributed by atoms with van der Waals surface area (Å²) in [5.41, 5.74) is 0. The van der Waals surface area contributed by atoms with Gasteiger partial charge in [0.15, 0.2) is 0 Å². The minimum atomic E-state index is 0.891. The minimum absolute atomic E-state index is 0.891. The maximum atomic E-state index is 4.33. The number of nitrogens with zero attached hydrogens (tertiary/aromatic N) is 2. The van der Waals surface area contributed by atoms with Crippen LogP contribution in [0.1, 0.15) is 0 Å². The van der Waals surface area contributed by atoms with Crippen LogP contribution in [0, 0.1) is 0 Å². The number of hydrogen-bond acceptors (Lipinski definition) is 2. The zero-order valence-electron chi connectivity index (χ0n) is 7.55. The van der Waals surface area contributed by atoms with E-state index in [9.17, 15) is 0 Å². The van der Waals surface area contributed by atoms with Crippen molar-refractivity contribution in [2.24, 2.45) is 0 Å². The molecule has 0 aromatic heterocycles. The van der Waals surface area contributed by atoms with E-state index in [1.807, 2.05) is 0 Å². The smallest absolute Gasteiger partial charge is 0.0275 e. The molecule has 4 nitrogen and oxygen atoms in total. The number of rotatable bonds is 0. The van der Waals surface area contributed by atoms with Gasteiger partial charge in [-0.05, 0) is 0 Å². The molecule has 0 atom stereocenters. The molecule has 2 N–H and O–H groups in total. The van der Waals surface area contributed by atoms with Crippen LogP contribution in [0.15, 0.2) is 0 Å². The third-order valence-corrected chi connectivity index (χ3v) is 1.79. The van der Waals surface area contributed by atoms with Gasteiger partial charge in [0.2, 0.25) is 0 Å². The van der Waals surface area contributed by atoms with E-state index in [1.54, 1.807) is 0 Å². The predicted molar refractivity (Wildman–Crippen MR) is 49.5 cm³/mol. The van der Waals surface area contributed by atoms with Gasteiger partial charge in [0.25, 0.3) is 0 Å². The molecular weight excluding hydrogens is 152 g/mol. The quantitative estimate of drug-likeness (QED) is 0.459. The van der Waals surface area contributed by atoms with Crippen LogP contribution in [-0.2, 0) is 0 Å². The molecule has 4 heteroatoms. The lowest BCUT2D eigenvalue weighted by Gasteiger charge is -2.09. The molecule has 0 spiro atoms. The lowest BCUT2D eigenvalue weighted by atomic mass is 10.4. The Morgan fingerprint density at radius 3 is 1.58 bits per heavy atom. The molecule has 12 heavy (non-hydrogen) atoms. The first-order valence-electron chi connectivity index (χ1n) is 4.68. The number of hydrogen-bond donors (Lipinski definition) is 2. The third-order valence-electron chi connectivity index (χ3n) is 1.79. The van der Waals surface area contributed by atoms with E-state index in [1.165, 1.54) is 0 Å². The van der Waals surface area contributed by atoms with Crippen LogP contribution in [-0.4, -0.2) is 52.4 Å². The fraction of sp³-hybridized carbons (Fsp3) is 1.00. The van der Waals surface area contributed by atoms with Crippen molar-refractivity contribution in [2.45, 2.75) is 0 Å². The van der Waals surface area contributed by atoms with E-state index in [0.29, 0.717) is 0 Å². The zero-order chi connectivity index (χ0) is 8.49. The molecule has 1 saturated heterocycles. The van der Waals surface area contributed by atoms with Crippen LogP contribution in [0.3, 0.4) is 0 Å². The summed E-state index contributed by atoms with van der Waals surface area (Å²) < 4.78 is 0. The van der Waals surface area contributed by atoms with Gasteiger partial charge in [-0.15, -0.1) is 0 Å². The summed E-state index contributed by atoms with van der Waals surface area (Å²) in [6.07, 6.45) is 0. The normalized spacial score (nSPS) is 24.0. The lowest BCUT2D eigenvalue weighted by Crippen LogP contribution is -2.35. The summed E-state index contributed by atoms with van der Waals surface area (Å²) in [4.78, 5) is 0. The Labute approximate surface area is 74.5 Å². The topological polar surface area (TPSA) is 52.3 Å². The monoisotopic (exact) mass is 170 g/mol. The summed E-state index contributed by atoms with van der Waals surface area (Å²) in [6.45, 7) is 7.71. The van der Waals surface area contributed by atoms with E-state index >= 15 is 0 Å². The van der Waals surface area contributed by atoms with Gasteiger partial charge in [0, 0.05) is 52.4 Å². The van der Waals surface area contributed by atoms with Gasteiger partial charge in [0.05, 0.1) is 0 Å². The van der Waals surface area contributed by atoms with Crippen LogP contribution in [0.5, 0.6) is 0 Å². The Bertz CT molecular complexity index is 54.0. The molecule has 0 aromatic carbocycles. The summed E-state index contributed by atoms with van der Waals surface area (Å²) >= 11 is 0. The Balaban J connectivity index is 2.00. The average Bonchev–Trinajstić information content (AvgIpc) is 2.05. The van der Waals surface area contributed by atoms with Crippen molar-refractivity contribution in [3.8, 4) is 0 Å². The van der Waals surface area contributed by atoms with Crippen molar-refractivity contribution in [3.05, 3.63) is 0 Å². The molecule has 0 saturated carbocycles. The molecular formula is C8H18N4. The van der Waals surface area contributed by atoms with Gasteiger partial charge >= 0.3 is 0 Å². The van der Waals surface area contributed by atoms with E-state index in [4.69, 9.17) is 0 Å². The van der Waals surface area contributed by atoms with Crippen LogP contribution in [0.4, 0.5) is 0 Å². The highest BCUT2D eigenvalue weighted by molar-refractivity contribution is 4.59. The molecule has 0 aliphatic carbocycles. The van der Waals surface area contributed by atoms with E-state index < -0.39 is 0 Å². The molecule has 1 rings (SSSR count). The highest BCUT2D eigenvalue weighted by atomic mass is 15.0. The minimum Gasteiger partial charge on any atom is -0.314 e. The molecule has 1 aliphatic heterocycles. The largest absolute Gasteiger partial charge is 0.314 e. The fourth-order valence-electron chi connectivity index (χ4n) is 1.11. The third kappa shape index (κ3) is 5.49. The van der Waals surface area contributed by atoms with Crippen molar-refractivity contribution in [3.63, 3.8) is 0 Å². The van der Waals surface area contributed by atoms with Crippen LogP contribution in [0.2, 0.25) is 0 Å². The molecule has 1 fully saturated rings. The van der Waals surface area contributed by atoms with Gasteiger partial charge < -0.3 is 10.6 Å². The van der Waals surface area contributed by atoms with Crippen LogP contribution in [0.25, 0.3) is 0 Å². The van der Waals surface area contributed by atoms with Crippen molar-refractivity contribution < 1.29 is 0 Å².